The minimum absolute atomic E-state index is 0.189. The van der Waals surface area contributed by atoms with Crippen LogP contribution in [0.25, 0.3) is 0 Å². The molecule has 2 aromatic carbocycles. The van der Waals surface area contributed by atoms with E-state index in [-0.39, 0.29) is 10.9 Å². The van der Waals surface area contributed by atoms with Crippen molar-refractivity contribution in [3.05, 3.63) is 59.7 Å². The highest BCUT2D eigenvalue weighted by Gasteiger charge is 2.29. The summed E-state index contributed by atoms with van der Waals surface area (Å²) < 4.78 is 29.0. The maximum Gasteiger partial charge on any atom is 0.286 e. The summed E-state index contributed by atoms with van der Waals surface area (Å²) in [6, 6.07) is 15.8. The van der Waals surface area contributed by atoms with E-state index in [1.807, 2.05) is 6.07 Å². The minimum Gasteiger partial charge on any atom is -0.341 e. The van der Waals surface area contributed by atoms with Gasteiger partial charge in [-0.3, -0.25) is 4.90 Å². The van der Waals surface area contributed by atoms with Gasteiger partial charge in [0.2, 0.25) is 0 Å². The average Bonchev–Trinajstić information content (AvgIpc) is 2.68. The smallest absolute Gasteiger partial charge is 0.286 e. The summed E-state index contributed by atoms with van der Waals surface area (Å²) in [6.07, 6.45) is 1.02. The zero-order chi connectivity index (χ0) is 18.9. The van der Waals surface area contributed by atoms with Gasteiger partial charge in [0.25, 0.3) is 10.0 Å². The fraction of sp³-hybridized carbons (Fsp3) is 0.350. The maximum absolute atomic E-state index is 12.5. The number of para-hydroxylation sites is 1. The molecule has 0 radical (unpaired) electrons. The molecule has 7 heteroatoms. The Morgan fingerprint density at radius 1 is 1.15 bits per heavy atom. The summed E-state index contributed by atoms with van der Waals surface area (Å²) >= 11 is 0. The molecular weight excluding hydrogens is 360 g/mol. The summed E-state index contributed by atoms with van der Waals surface area (Å²) in [5, 5.41) is 6.64. The topological polar surface area (TPSA) is 73.8 Å². The molecule has 2 aliphatic heterocycles. The molecule has 1 unspecified atom stereocenters. The number of piperazine rings is 1. The summed E-state index contributed by atoms with van der Waals surface area (Å²) in [6.45, 7) is 5.16. The van der Waals surface area contributed by atoms with Crippen molar-refractivity contribution in [2.45, 2.75) is 24.3 Å². The molecular formula is C20H24N4O2S. The van der Waals surface area contributed by atoms with Crippen molar-refractivity contribution in [2.75, 3.05) is 31.5 Å². The molecule has 2 aromatic rings. The van der Waals surface area contributed by atoms with Crippen LogP contribution >= 0.6 is 0 Å². The van der Waals surface area contributed by atoms with E-state index in [2.05, 4.69) is 51.1 Å². The second kappa shape index (κ2) is 7.42. The van der Waals surface area contributed by atoms with Crippen molar-refractivity contribution in [1.82, 2.24) is 10.2 Å². The summed E-state index contributed by atoms with van der Waals surface area (Å²) in [7, 11) is -3.65. The Kier molecular flexibility index (Phi) is 4.99. The molecule has 0 spiro atoms. The average molecular weight is 385 g/mol. The highest BCUT2D eigenvalue weighted by atomic mass is 32.2. The third kappa shape index (κ3) is 3.76. The number of nitrogens with zero attached hydrogens (tertiary/aromatic N) is 2. The fourth-order valence-corrected chi connectivity index (χ4v) is 4.81. The second-order valence-corrected chi connectivity index (χ2v) is 8.49. The van der Waals surface area contributed by atoms with Gasteiger partial charge >= 0.3 is 0 Å². The molecule has 4 rings (SSSR count). The quantitative estimate of drug-likeness (QED) is 0.847. The molecule has 0 bridgehead atoms. The van der Waals surface area contributed by atoms with Gasteiger partial charge in [0.05, 0.1) is 12.2 Å². The van der Waals surface area contributed by atoms with Crippen LogP contribution in [0.3, 0.4) is 0 Å². The minimum atomic E-state index is -3.65. The number of benzene rings is 2. The van der Waals surface area contributed by atoms with Crippen LogP contribution < -0.4 is 10.6 Å². The Morgan fingerprint density at radius 2 is 1.93 bits per heavy atom. The van der Waals surface area contributed by atoms with E-state index in [4.69, 9.17) is 0 Å². The predicted octanol–water partition coefficient (Wildman–Crippen LogP) is 2.41. The van der Waals surface area contributed by atoms with Crippen LogP contribution in [0.1, 0.15) is 24.1 Å². The number of rotatable bonds is 4. The van der Waals surface area contributed by atoms with E-state index in [0.717, 1.165) is 26.1 Å². The largest absolute Gasteiger partial charge is 0.341 e. The van der Waals surface area contributed by atoms with Crippen LogP contribution in [-0.4, -0.2) is 45.3 Å². The van der Waals surface area contributed by atoms with Crippen LogP contribution in [0.4, 0.5) is 5.69 Å². The first kappa shape index (κ1) is 18.2. The van der Waals surface area contributed by atoms with Crippen molar-refractivity contribution in [1.29, 1.82) is 0 Å². The van der Waals surface area contributed by atoms with E-state index in [9.17, 15) is 8.42 Å². The molecule has 2 aliphatic rings. The van der Waals surface area contributed by atoms with Gasteiger partial charge in [-0.05, 0) is 29.7 Å². The zero-order valence-corrected chi connectivity index (χ0v) is 16.2. The number of anilines is 1. The Hall–Kier alpha value is -2.22. The normalized spacial score (nSPS) is 21.8. The lowest BCUT2D eigenvalue weighted by Gasteiger charge is -2.37. The van der Waals surface area contributed by atoms with Gasteiger partial charge in [-0.2, -0.15) is 8.42 Å². The molecule has 142 valence electrons. The van der Waals surface area contributed by atoms with Crippen LogP contribution in [0.15, 0.2) is 57.8 Å². The highest BCUT2D eigenvalue weighted by molar-refractivity contribution is 7.90. The lowest BCUT2D eigenvalue weighted by molar-refractivity contribution is 0.186. The molecule has 2 N–H and O–H groups in total. The molecule has 2 heterocycles. The highest BCUT2D eigenvalue weighted by Crippen LogP contribution is 2.28. The first-order valence-electron chi connectivity index (χ1n) is 9.30. The molecule has 0 saturated carbocycles. The van der Waals surface area contributed by atoms with E-state index in [0.29, 0.717) is 18.1 Å². The Morgan fingerprint density at radius 3 is 2.70 bits per heavy atom. The van der Waals surface area contributed by atoms with Gasteiger partial charge in [-0.25, -0.2) is 0 Å². The van der Waals surface area contributed by atoms with Crippen LogP contribution in [0, 0.1) is 0 Å². The van der Waals surface area contributed by atoms with Crippen molar-refractivity contribution in [2.24, 2.45) is 4.40 Å². The second-order valence-electron chi connectivity index (χ2n) is 6.92. The molecule has 0 aromatic heterocycles. The third-order valence-electron chi connectivity index (χ3n) is 5.15. The van der Waals surface area contributed by atoms with Gasteiger partial charge in [-0.1, -0.05) is 43.3 Å². The first-order chi connectivity index (χ1) is 13.1. The lowest BCUT2D eigenvalue weighted by atomic mass is 10.0. The van der Waals surface area contributed by atoms with Gasteiger partial charge in [-0.15, -0.1) is 4.40 Å². The van der Waals surface area contributed by atoms with Crippen molar-refractivity contribution < 1.29 is 8.42 Å². The number of fused-ring (bicyclic) bond motifs is 1. The number of amidine groups is 1. The van der Waals surface area contributed by atoms with Gasteiger partial charge < -0.3 is 10.6 Å². The Bertz CT molecular complexity index is 954. The molecule has 1 fully saturated rings. The summed E-state index contributed by atoms with van der Waals surface area (Å²) in [5.41, 5.74) is 3.15. The number of hydrogen-bond donors (Lipinski definition) is 2. The molecule has 27 heavy (non-hydrogen) atoms. The molecule has 1 atom stereocenters. The van der Waals surface area contributed by atoms with Crippen LogP contribution in [0.5, 0.6) is 0 Å². The van der Waals surface area contributed by atoms with E-state index in [1.165, 1.54) is 11.1 Å². The molecule has 0 aliphatic carbocycles. The molecule has 1 saturated heterocycles. The zero-order valence-electron chi connectivity index (χ0n) is 15.4. The van der Waals surface area contributed by atoms with Crippen LogP contribution in [-0.2, 0) is 16.4 Å². The SMILES string of the molecule is CCc1ccc(C2CNCCN2CC2=NS(=O)(=O)c3ccccc3N2)cc1. The third-order valence-corrected chi connectivity index (χ3v) is 6.53. The summed E-state index contributed by atoms with van der Waals surface area (Å²) in [4.78, 5) is 2.52. The van der Waals surface area contributed by atoms with Crippen molar-refractivity contribution in [3.8, 4) is 0 Å². The fourth-order valence-electron chi connectivity index (χ4n) is 3.67. The van der Waals surface area contributed by atoms with Crippen molar-refractivity contribution >= 4 is 21.5 Å². The standard InChI is InChI=1S/C20H24N4O2S/c1-2-15-7-9-16(10-8-15)18-13-21-11-12-24(18)14-20-22-17-5-3-4-6-19(17)27(25,26)23-20/h3-10,18,21H,2,11-14H2,1H3,(H,22,23). The number of nitrogens with one attached hydrogen (secondary N) is 2. The molecule has 0 amide bonds. The maximum atomic E-state index is 12.5. The monoisotopic (exact) mass is 384 g/mol. The number of sulfonamides is 1. The van der Waals surface area contributed by atoms with Gasteiger partial charge in [0.1, 0.15) is 10.7 Å². The van der Waals surface area contributed by atoms with E-state index in [1.54, 1.807) is 18.2 Å². The van der Waals surface area contributed by atoms with E-state index >= 15 is 0 Å². The predicted molar refractivity (Wildman–Crippen MR) is 108 cm³/mol. The number of hydrogen-bond acceptors (Lipinski definition) is 5. The summed E-state index contributed by atoms with van der Waals surface area (Å²) in [5.74, 6) is 0.478. The van der Waals surface area contributed by atoms with Crippen molar-refractivity contribution in [3.63, 3.8) is 0 Å². The Labute approximate surface area is 160 Å². The van der Waals surface area contributed by atoms with Gasteiger partial charge in [0.15, 0.2) is 0 Å². The first-order valence-corrected chi connectivity index (χ1v) is 10.7. The number of aryl methyl sites for hydroxylation is 1. The van der Waals surface area contributed by atoms with Crippen LogP contribution in [0.2, 0.25) is 0 Å². The lowest BCUT2D eigenvalue weighted by Crippen LogP contribution is -2.49. The Balaban J connectivity index is 1.58. The molecule has 6 nitrogen and oxygen atoms in total. The van der Waals surface area contributed by atoms with E-state index < -0.39 is 10.0 Å². The van der Waals surface area contributed by atoms with Gasteiger partial charge in [0, 0.05) is 25.7 Å².